The minimum atomic E-state index is -0.490. The van der Waals surface area contributed by atoms with Crippen LogP contribution in [0.5, 0.6) is 0 Å². The number of fused-ring (bicyclic) bond motifs is 1. The molecule has 0 spiro atoms. The third-order valence-corrected chi connectivity index (χ3v) is 6.77. The molecule has 5 heteroatoms. The second-order valence-corrected chi connectivity index (χ2v) is 9.36. The lowest BCUT2D eigenvalue weighted by atomic mass is 9.97. The van der Waals surface area contributed by atoms with Crippen LogP contribution in [0.25, 0.3) is 21.9 Å². The van der Waals surface area contributed by atoms with Gasteiger partial charge in [-0.3, -0.25) is 4.79 Å². The number of carbonyl (C=O) groups excluding carboxylic acids is 1. The molecule has 1 unspecified atom stereocenters. The second-order valence-electron chi connectivity index (χ2n) is 8.38. The fourth-order valence-electron chi connectivity index (χ4n) is 3.92. The topological polar surface area (TPSA) is 50.5 Å². The van der Waals surface area contributed by atoms with Crippen LogP contribution < -0.4 is 5.63 Å². The lowest BCUT2D eigenvalue weighted by Crippen LogP contribution is -2.35. The molecule has 0 aliphatic rings. The first-order valence-electron chi connectivity index (χ1n) is 10.9. The molecule has 0 aliphatic heterocycles. The zero-order valence-electron chi connectivity index (χ0n) is 18.6. The predicted molar refractivity (Wildman–Crippen MR) is 131 cm³/mol. The number of rotatable bonds is 7. The Balaban J connectivity index is 1.90. The lowest BCUT2D eigenvalue weighted by molar-refractivity contribution is 0.0648. The average molecular weight is 446 g/mol. The highest BCUT2D eigenvalue weighted by atomic mass is 32.1. The molecule has 0 saturated carbocycles. The molecule has 0 fully saturated rings. The number of carbonyl (C=O) groups is 1. The van der Waals surface area contributed by atoms with Gasteiger partial charge in [-0.05, 0) is 42.3 Å². The summed E-state index contributed by atoms with van der Waals surface area (Å²) in [7, 11) is 0. The van der Waals surface area contributed by atoms with Crippen molar-refractivity contribution in [1.82, 2.24) is 4.90 Å². The number of benzene rings is 2. The van der Waals surface area contributed by atoms with Crippen molar-refractivity contribution in [2.24, 2.45) is 5.92 Å². The maximum atomic E-state index is 14.0. The highest BCUT2D eigenvalue weighted by Gasteiger charge is 2.29. The number of hydrogen-bond acceptors (Lipinski definition) is 4. The van der Waals surface area contributed by atoms with Gasteiger partial charge in [0, 0.05) is 22.4 Å². The molecule has 4 nitrogen and oxygen atoms in total. The van der Waals surface area contributed by atoms with Gasteiger partial charge in [0.25, 0.3) is 5.91 Å². The van der Waals surface area contributed by atoms with Crippen molar-refractivity contribution in [1.29, 1.82) is 0 Å². The maximum absolute atomic E-state index is 14.0. The first-order chi connectivity index (χ1) is 15.5. The van der Waals surface area contributed by atoms with Crippen LogP contribution in [-0.2, 0) is 0 Å². The quantitative estimate of drug-likeness (QED) is 0.315. The summed E-state index contributed by atoms with van der Waals surface area (Å²) < 4.78 is 5.75. The highest BCUT2D eigenvalue weighted by Crippen LogP contribution is 2.34. The van der Waals surface area contributed by atoms with Gasteiger partial charge in [-0.1, -0.05) is 68.4 Å². The number of thiophene rings is 1. The summed E-state index contributed by atoms with van der Waals surface area (Å²) in [5.41, 5.74) is 1.03. The molecule has 2 aromatic carbocycles. The van der Waals surface area contributed by atoms with Crippen LogP contribution in [0.3, 0.4) is 0 Å². The van der Waals surface area contributed by atoms with Crippen molar-refractivity contribution >= 4 is 28.0 Å². The third kappa shape index (κ3) is 4.39. The summed E-state index contributed by atoms with van der Waals surface area (Å²) in [4.78, 5) is 29.8. The zero-order valence-corrected chi connectivity index (χ0v) is 19.4. The molecule has 164 valence electrons. The van der Waals surface area contributed by atoms with E-state index >= 15 is 0 Å². The minimum absolute atomic E-state index is 0.104. The Morgan fingerprint density at radius 3 is 2.28 bits per heavy atom. The van der Waals surface area contributed by atoms with E-state index in [1.54, 1.807) is 17.4 Å². The van der Waals surface area contributed by atoms with Crippen molar-refractivity contribution in [3.05, 3.63) is 93.2 Å². The van der Waals surface area contributed by atoms with E-state index in [0.717, 1.165) is 22.2 Å². The van der Waals surface area contributed by atoms with Gasteiger partial charge in [-0.2, -0.15) is 0 Å². The van der Waals surface area contributed by atoms with Crippen LogP contribution in [0.15, 0.2) is 81.3 Å². The highest BCUT2D eigenvalue weighted by molar-refractivity contribution is 7.10. The molecule has 2 heterocycles. The van der Waals surface area contributed by atoms with E-state index < -0.39 is 5.63 Å². The van der Waals surface area contributed by atoms with Gasteiger partial charge in [0.2, 0.25) is 5.76 Å². The van der Waals surface area contributed by atoms with Gasteiger partial charge in [-0.25, -0.2) is 4.79 Å². The summed E-state index contributed by atoms with van der Waals surface area (Å²) in [5.74, 6) is 0.290. The van der Waals surface area contributed by atoms with E-state index in [9.17, 15) is 9.59 Å². The summed E-state index contributed by atoms with van der Waals surface area (Å²) in [6, 6.07) is 20.9. The SMILES string of the molecule is CC(C)CCN(C(=O)c1oc(=O)c2ccccc2c1-c1ccccc1)C(C)c1cccs1. The van der Waals surface area contributed by atoms with Gasteiger partial charge in [0.1, 0.15) is 0 Å². The van der Waals surface area contributed by atoms with E-state index in [1.807, 2.05) is 77.9 Å². The van der Waals surface area contributed by atoms with Crippen LogP contribution >= 0.6 is 11.3 Å². The van der Waals surface area contributed by atoms with E-state index in [2.05, 4.69) is 13.8 Å². The second kappa shape index (κ2) is 9.53. The van der Waals surface area contributed by atoms with Crippen LogP contribution in [0.4, 0.5) is 0 Å². The Labute approximate surface area is 192 Å². The molecule has 1 amide bonds. The lowest BCUT2D eigenvalue weighted by Gasteiger charge is -2.29. The van der Waals surface area contributed by atoms with Crippen molar-refractivity contribution in [2.45, 2.75) is 33.2 Å². The standard InChI is InChI=1S/C27H27NO3S/c1-18(2)15-16-28(19(3)23-14-9-17-32-23)26(29)25-24(20-10-5-4-6-11-20)21-12-7-8-13-22(21)27(30)31-25/h4-14,17-19H,15-16H2,1-3H3. The summed E-state index contributed by atoms with van der Waals surface area (Å²) in [5, 5.41) is 3.22. The number of nitrogens with zero attached hydrogens (tertiary/aromatic N) is 1. The zero-order chi connectivity index (χ0) is 22.7. The minimum Gasteiger partial charge on any atom is -0.416 e. The van der Waals surface area contributed by atoms with E-state index in [1.165, 1.54) is 0 Å². The Kier molecular flexibility index (Phi) is 6.56. The van der Waals surface area contributed by atoms with Gasteiger partial charge in [0.15, 0.2) is 0 Å². The third-order valence-electron chi connectivity index (χ3n) is 5.73. The Morgan fingerprint density at radius 2 is 1.62 bits per heavy atom. The summed E-state index contributed by atoms with van der Waals surface area (Å²) in [6.07, 6.45) is 0.861. The fraction of sp³-hybridized carbons (Fsp3) is 0.259. The largest absolute Gasteiger partial charge is 0.416 e. The van der Waals surface area contributed by atoms with Crippen LogP contribution in [0, 0.1) is 5.92 Å². The van der Waals surface area contributed by atoms with Gasteiger partial charge >= 0.3 is 5.63 Å². The number of hydrogen-bond donors (Lipinski definition) is 0. The first kappa shape index (κ1) is 22.0. The molecule has 0 bridgehead atoms. The van der Waals surface area contributed by atoms with Crippen LogP contribution in [-0.4, -0.2) is 17.4 Å². The molecule has 1 atom stereocenters. The Morgan fingerprint density at radius 1 is 0.938 bits per heavy atom. The molecular formula is C27H27NO3S. The van der Waals surface area contributed by atoms with Gasteiger partial charge in [-0.15, -0.1) is 11.3 Å². The van der Waals surface area contributed by atoms with Crippen LogP contribution in [0.1, 0.15) is 48.7 Å². The molecule has 2 aromatic heterocycles. The smallest absolute Gasteiger partial charge is 0.344 e. The maximum Gasteiger partial charge on any atom is 0.344 e. The average Bonchev–Trinajstić information content (AvgIpc) is 3.34. The molecule has 0 N–H and O–H groups in total. The normalized spacial score (nSPS) is 12.2. The monoisotopic (exact) mass is 445 g/mol. The predicted octanol–water partition coefficient (Wildman–Crippen LogP) is 6.77. The Bertz CT molecular complexity index is 1260. The Hall–Kier alpha value is -3.18. The summed E-state index contributed by atoms with van der Waals surface area (Å²) in [6.45, 7) is 6.90. The van der Waals surface area contributed by atoms with E-state index in [0.29, 0.717) is 23.4 Å². The number of amides is 1. The van der Waals surface area contributed by atoms with Gasteiger partial charge in [0.05, 0.1) is 11.4 Å². The van der Waals surface area contributed by atoms with Crippen molar-refractivity contribution in [3.8, 4) is 11.1 Å². The molecule has 4 rings (SSSR count). The van der Waals surface area contributed by atoms with E-state index in [4.69, 9.17) is 4.42 Å². The molecule has 4 aromatic rings. The molecule has 0 radical (unpaired) electrons. The van der Waals surface area contributed by atoms with Crippen LogP contribution in [0.2, 0.25) is 0 Å². The van der Waals surface area contributed by atoms with Crippen molar-refractivity contribution in [2.75, 3.05) is 6.54 Å². The summed E-state index contributed by atoms with van der Waals surface area (Å²) >= 11 is 1.63. The molecule has 0 saturated heterocycles. The molecular weight excluding hydrogens is 418 g/mol. The van der Waals surface area contributed by atoms with Gasteiger partial charge < -0.3 is 9.32 Å². The fourth-order valence-corrected chi connectivity index (χ4v) is 4.72. The van der Waals surface area contributed by atoms with Crippen molar-refractivity contribution in [3.63, 3.8) is 0 Å². The molecule has 32 heavy (non-hydrogen) atoms. The van der Waals surface area contributed by atoms with Crippen molar-refractivity contribution < 1.29 is 9.21 Å². The first-order valence-corrected chi connectivity index (χ1v) is 11.8. The molecule has 0 aliphatic carbocycles. The van der Waals surface area contributed by atoms with E-state index in [-0.39, 0.29) is 17.7 Å².